The zero-order valence-electron chi connectivity index (χ0n) is 18.3. The molecule has 0 saturated carbocycles. The Morgan fingerprint density at radius 3 is 1.00 bits per heavy atom. The van der Waals surface area contributed by atoms with E-state index in [9.17, 15) is 0 Å². The highest BCUT2D eigenvalue weighted by molar-refractivity contribution is 7.15. The zero-order chi connectivity index (χ0) is 18.3. The van der Waals surface area contributed by atoms with Gasteiger partial charge in [0.15, 0.2) is 0 Å². The van der Waals surface area contributed by atoms with Crippen molar-refractivity contribution in [1.82, 2.24) is 0 Å². The summed E-state index contributed by atoms with van der Waals surface area (Å²) in [5, 5.41) is 0.495. The Kier molecular flexibility index (Phi) is 7.08. The molecule has 0 aliphatic heterocycles. The molecule has 134 valence electrons. The van der Waals surface area contributed by atoms with Crippen molar-refractivity contribution >= 4 is 24.2 Å². The normalized spacial score (nSPS) is 16.8. The van der Waals surface area contributed by atoms with Crippen molar-refractivity contribution in [2.45, 2.75) is 121 Å². The Labute approximate surface area is 145 Å². The largest absolute Gasteiger partial charge is 0.0698 e. The quantitative estimate of drug-likeness (QED) is 0.422. The van der Waals surface area contributed by atoms with Gasteiger partial charge >= 0.3 is 0 Å². The van der Waals surface area contributed by atoms with E-state index in [1.165, 1.54) is 0 Å². The van der Waals surface area contributed by atoms with Crippen LogP contribution in [0.1, 0.15) is 62.3 Å². The van der Waals surface area contributed by atoms with Crippen LogP contribution in [0.2, 0.25) is 59.2 Å². The second-order valence-electron chi connectivity index (χ2n) is 11.2. The van der Waals surface area contributed by atoms with E-state index in [2.05, 4.69) is 95.0 Å². The lowest BCUT2D eigenvalue weighted by atomic mass is 10.2. The molecule has 3 heteroatoms. The second kappa shape index (κ2) is 6.87. The fraction of sp³-hybridized carbons (Fsp3) is 1.00. The van der Waals surface area contributed by atoms with Gasteiger partial charge in [-0.05, 0) is 5.04 Å². The topological polar surface area (TPSA) is 0 Å². The first-order valence-electron chi connectivity index (χ1n) is 9.45. The van der Waals surface area contributed by atoms with Gasteiger partial charge in [-0.25, -0.2) is 0 Å². The van der Waals surface area contributed by atoms with E-state index >= 15 is 0 Å². The minimum Gasteiger partial charge on any atom is -0.0698 e. The summed E-state index contributed by atoms with van der Waals surface area (Å²) in [5.74, 6) is 0. The van der Waals surface area contributed by atoms with E-state index in [1.807, 2.05) is 0 Å². The highest BCUT2D eigenvalue weighted by Crippen LogP contribution is 2.60. The van der Waals surface area contributed by atoms with Gasteiger partial charge in [0.25, 0.3) is 0 Å². The molecule has 0 fully saturated rings. The molecular formula is C19H46Si3. The molecular weight excluding hydrogens is 312 g/mol. The molecule has 0 saturated heterocycles. The highest BCUT2D eigenvalue weighted by atomic mass is 28.5. The average Bonchev–Trinajstić information content (AvgIpc) is 2.19. The fourth-order valence-electron chi connectivity index (χ4n) is 5.89. The molecule has 0 N–H and O–H groups in total. The van der Waals surface area contributed by atoms with Gasteiger partial charge < -0.3 is 0 Å². The molecule has 0 aliphatic carbocycles. The molecule has 0 amide bonds. The fourth-order valence-corrected chi connectivity index (χ4v) is 41.0. The van der Waals surface area contributed by atoms with E-state index < -0.39 is 24.2 Å². The third-order valence-corrected chi connectivity index (χ3v) is 33.6. The molecule has 0 bridgehead atoms. The SMILES string of the molecule is CC(C)[Si](C(C)C)(C(C)C)C([Si](C)(C)C)[Si](C)(C)C(C)(C)C. The summed E-state index contributed by atoms with van der Waals surface area (Å²) in [6, 6.07) is 0. The van der Waals surface area contributed by atoms with Gasteiger partial charge in [0.2, 0.25) is 0 Å². The van der Waals surface area contributed by atoms with Gasteiger partial charge in [0.1, 0.15) is 0 Å². The predicted octanol–water partition coefficient (Wildman–Crippen LogP) is 7.96. The van der Waals surface area contributed by atoms with Gasteiger partial charge in [-0.1, -0.05) is 116 Å². The Balaban J connectivity index is 6.64. The van der Waals surface area contributed by atoms with Crippen molar-refractivity contribution in [1.29, 1.82) is 0 Å². The summed E-state index contributed by atoms with van der Waals surface area (Å²) in [7, 11) is -4.02. The van der Waals surface area contributed by atoms with Crippen LogP contribution >= 0.6 is 0 Å². The van der Waals surface area contributed by atoms with Gasteiger partial charge in [0, 0.05) is 8.07 Å². The van der Waals surface area contributed by atoms with Crippen LogP contribution in [0.25, 0.3) is 0 Å². The van der Waals surface area contributed by atoms with Crippen LogP contribution in [0.3, 0.4) is 0 Å². The smallest absolute Gasteiger partial charge is 0.0591 e. The lowest BCUT2D eigenvalue weighted by molar-refractivity contribution is 0.706. The first-order chi connectivity index (χ1) is 9.45. The van der Waals surface area contributed by atoms with Crippen LogP contribution in [-0.4, -0.2) is 24.2 Å². The van der Waals surface area contributed by atoms with Crippen molar-refractivity contribution in [3.05, 3.63) is 0 Å². The van der Waals surface area contributed by atoms with Gasteiger partial charge in [-0.15, -0.1) is 0 Å². The Morgan fingerprint density at radius 2 is 0.864 bits per heavy atom. The molecule has 0 radical (unpaired) electrons. The molecule has 0 aromatic heterocycles. The Bertz CT molecular complexity index is 332. The Morgan fingerprint density at radius 1 is 0.591 bits per heavy atom. The maximum absolute atomic E-state index is 2.73. The summed E-state index contributed by atoms with van der Waals surface area (Å²) < 4.78 is 0. The van der Waals surface area contributed by atoms with E-state index in [4.69, 9.17) is 0 Å². The molecule has 0 nitrogen and oxygen atoms in total. The molecule has 0 aromatic carbocycles. The molecule has 1 unspecified atom stereocenters. The molecule has 22 heavy (non-hydrogen) atoms. The van der Waals surface area contributed by atoms with Crippen molar-refractivity contribution in [2.24, 2.45) is 0 Å². The van der Waals surface area contributed by atoms with Crippen molar-refractivity contribution in [2.75, 3.05) is 0 Å². The second-order valence-corrected chi connectivity index (χ2v) is 29.8. The number of rotatable bonds is 6. The highest BCUT2D eigenvalue weighted by Gasteiger charge is 2.60. The van der Waals surface area contributed by atoms with Crippen molar-refractivity contribution in [3.8, 4) is 0 Å². The Hall–Kier alpha value is 0.651. The number of hydrogen-bond donors (Lipinski definition) is 0. The molecule has 1 atom stereocenters. The lowest BCUT2D eigenvalue weighted by Gasteiger charge is -2.61. The van der Waals surface area contributed by atoms with Crippen LogP contribution in [-0.2, 0) is 0 Å². The van der Waals surface area contributed by atoms with E-state index in [-0.39, 0.29) is 0 Å². The summed E-state index contributed by atoms with van der Waals surface area (Å²) >= 11 is 0. The summed E-state index contributed by atoms with van der Waals surface area (Å²) in [4.78, 5) is 1.08. The summed E-state index contributed by atoms with van der Waals surface area (Å²) in [6.07, 6.45) is 0. The van der Waals surface area contributed by atoms with Crippen molar-refractivity contribution < 1.29 is 0 Å². The minimum absolute atomic E-state index is 0.495. The first-order valence-corrected chi connectivity index (χ1v) is 18.4. The molecule has 0 rings (SSSR count). The van der Waals surface area contributed by atoms with Crippen LogP contribution in [0.15, 0.2) is 0 Å². The van der Waals surface area contributed by atoms with Crippen LogP contribution in [0.5, 0.6) is 0 Å². The molecule has 0 heterocycles. The summed E-state index contributed by atoms with van der Waals surface area (Å²) in [5.41, 5.74) is 2.66. The number of hydrogen-bond acceptors (Lipinski definition) is 0. The molecule has 0 spiro atoms. The van der Waals surface area contributed by atoms with Crippen LogP contribution < -0.4 is 0 Å². The average molecular weight is 359 g/mol. The third-order valence-electron chi connectivity index (χ3n) is 7.02. The lowest BCUT2D eigenvalue weighted by Crippen LogP contribution is -2.66. The summed E-state index contributed by atoms with van der Waals surface area (Å²) in [6.45, 7) is 36.4. The van der Waals surface area contributed by atoms with Gasteiger partial charge in [0.05, 0.1) is 16.1 Å². The van der Waals surface area contributed by atoms with Crippen LogP contribution in [0, 0.1) is 0 Å². The standard InChI is InChI=1S/C19H46Si3/c1-15(2)22(16(3)4,17(5)6)18(20(10,11)12)21(13,14)19(7,8)9/h15-18H,1-14H3. The predicted molar refractivity (Wildman–Crippen MR) is 115 cm³/mol. The van der Waals surface area contributed by atoms with Gasteiger partial charge in [-0.2, -0.15) is 0 Å². The minimum atomic E-state index is -1.41. The zero-order valence-corrected chi connectivity index (χ0v) is 21.3. The van der Waals surface area contributed by atoms with E-state index in [0.29, 0.717) is 5.04 Å². The van der Waals surface area contributed by atoms with Gasteiger partial charge in [-0.3, -0.25) is 0 Å². The maximum Gasteiger partial charge on any atom is 0.0591 e. The van der Waals surface area contributed by atoms with Crippen LogP contribution in [0.4, 0.5) is 0 Å². The third kappa shape index (κ3) is 3.83. The monoisotopic (exact) mass is 358 g/mol. The molecule has 0 aromatic rings. The van der Waals surface area contributed by atoms with E-state index in [1.54, 1.807) is 0 Å². The molecule has 0 aliphatic rings. The first kappa shape index (κ1) is 22.7. The maximum atomic E-state index is 2.73. The van der Waals surface area contributed by atoms with E-state index in [0.717, 1.165) is 21.4 Å². The van der Waals surface area contributed by atoms with Crippen molar-refractivity contribution in [3.63, 3.8) is 0 Å².